The maximum atomic E-state index is 12.2. The quantitative estimate of drug-likeness (QED) is 0.733. The van der Waals surface area contributed by atoms with Crippen molar-refractivity contribution in [1.29, 1.82) is 0 Å². The van der Waals surface area contributed by atoms with Gasteiger partial charge >= 0.3 is 12.1 Å². The molecule has 0 radical (unpaired) electrons. The number of rotatable bonds is 7. The molecule has 0 aromatic carbocycles. The second-order valence-corrected chi connectivity index (χ2v) is 5.31. The minimum Gasteiger partial charge on any atom is -0.468 e. The Bertz CT molecular complexity index is 316. The Kier molecular flexibility index (Phi) is 6.26. The van der Waals surface area contributed by atoms with Crippen LogP contribution in [0.2, 0.25) is 0 Å². The van der Waals surface area contributed by atoms with Crippen LogP contribution in [0.5, 0.6) is 0 Å². The lowest BCUT2D eigenvalue weighted by Crippen LogP contribution is -2.52. The molecule has 0 amide bonds. The lowest BCUT2D eigenvalue weighted by Gasteiger charge is -2.29. The summed E-state index contributed by atoms with van der Waals surface area (Å²) < 4.78 is 46.7. The van der Waals surface area contributed by atoms with E-state index in [4.69, 9.17) is 4.74 Å². The van der Waals surface area contributed by atoms with Gasteiger partial charge in [-0.15, -0.1) is 0 Å². The molecule has 118 valence electrons. The largest absolute Gasteiger partial charge is 0.468 e. The summed E-state index contributed by atoms with van der Waals surface area (Å²) in [6.45, 7) is 2.71. The number of halogens is 3. The van der Waals surface area contributed by atoms with Crippen LogP contribution in [-0.4, -0.2) is 44.0 Å². The molecule has 2 unspecified atom stereocenters. The number of carbonyl (C=O) groups excluding carboxylic acids is 1. The summed E-state index contributed by atoms with van der Waals surface area (Å²) in [7, 11) is 1.23. The normalized spacial score (nSPS) is 22.6. The average Bonchev–Trinajstić information content (AvgIpc) is 2.87. The monoisotopic (exact) mass is 297 g/mol. The lowest BCUT2D eigenvalue weighted by atomic mass is 9.94. The molecule has 1 N–H and O–H groups in total. The van der Waals surface area contributed by atoms with Gasteiger partial charge in [0, 0.05) is 19.6 Å². The van der Waals surface area contributed by atoms with Crippen LogP contribution >= 0.6 is 0 Å². The van der Waals surface area contributed by atoms with Gasteiger partial charge in [-0.05, 0) is 32.6 Å². The Labute approximate surface area is 117 Å². The Morgan fingerprint density at radius 3 is 2.60 bits per heavy atom. The van der Waals surface area contributed by atoms with Crippen LogP contribution in [0.25, 0.3) is 0 Å². The van der Waals surface area contributed by atoms with Crippen LogP contribution in [0, 0.1) is 0 Å². The molecule has 0 saturated carbocycles. The van der Waals surface area contributed by atoms with E-state index in [0.29, 0.717) is 13.2 Å². The molecule has 7 heteroatoms. The summed E-state index contributed by atoms with van der Waals surface area (Å²) in [6, 6.07) is 0. The minimum absolute atomic E-state index is 0.0154. The summed E-state index contributed by atoms with van der Waals surface area (Å²) >= 11 is 0. The maximum absolute atomic E-state index is 12.2. The fraction of sp³-hybridized carbons (Fsp3) is 0.923. The number of alkyl halides is 3. The van der Waals surface area contributed by atoms with Gasteiger partial charge in [-0.1, -0.05) is 0 Å². The molecule has 1 fully saturated rings. The van der Waals surface area contributed by atoms with Gasteiger partial charge in [-0.25, -0.2) is 0 Å². The molecule has 4 nitrogen and oxygen atoms in total. The Hall–Kier alpha value is -0.820. The van der Waals surface area contributed by atoms with Gasteiger partial charge in [0.05, 0.1) is 13.2 Å². The molecule has 0 spiro atoms. The molecule has 1 rings (SSSR count). The molecule has 0 aromatic rings. The van der Waals surface area contributed by atoms with E-state index >= 15 is 0 Å². The predicted octanol–water partition coefficient (Wildman–Crippen LogP) is 2.42. The van der Waals surface area contributed by atoms with Crippen LogP contribution < -0.4 is 5.32 Å². The highest BCUT2D eigenvalue weighted by atomic mass is 19.4. The van der Waals surface area contributed by atoms with Crippen LogP contribution in [0.1, 0.15) is 39.0 Å². The number of carbonyl (C=O) groups is 1. The highest BCUT2D eigenvalue weighted by Gasteiger charge is 2.36. The van der Waals surface area contributed by atoms with Crippen molar-refractivity contribution >= 4 is 5.97 Å². The molecule has 1 aliphatic rings. The number of ether oxygens (including phenoxy) is 2. The van der Waals surface area contributed by atoms with Crippen molar-refractivity contribution in [2.75, 3.05) is 20.3 Å². The first-order chi connectivity index (χ1) is 9.27. The van der Waals surface area contributed by atoms with E-state index in [-0.39, 0.29) is 18.9 Å². The smallest absolute Gasteiger partial charge is 0.389 e. The second-order valence-electron chi connectivity index (χ2n) is 5.31. The van der Waals surface area contributed by atoms with Crippen molar-refractivity contribution < 1.29 is 27.4 Å². The predicted molar refractivity (Wildman–Crippen MR) is 67.3 cm³/mol. The van der Waals surface area contributed by atoms with Crippen LogP contribution in [0.15, 0.2) is 0 Å². The minimum atomic E-state index is -4.20. The third-order valence-corrected chi connectivity index (χ3v) is 3.52. The van der Waals surface area contributed by atoms with Crippen LogP contribution in [0.3, 0.4) is 0 Å². The molecule has 20 heavy (non-hydrogen) atoms. The molecule has 1 saturated heterocycles. The highest BCUT2D eigenvalue weighted by molar-refractivity contribution is 5.80. The molecule has 0 aromatic heterocycles. The lowest BCUT2D eigenvalue weighted by molar-refractivity contribution is -0.151. The van der Waals surface area contributed by atoms with Crippen molar-refractivity contribution in [3.8, 4) is 0 Å². The highest BCUT2D eigenvalue weighted by Crippen LogP contribution is 2.25. The fourth-order valence-electron chi connectivity index (χ4n) is 2.27. The molecule has 0 bridgehead atoms. The SMILES string of the molecule is COC(=O)C(C)(CCCC(F)(F)F)NCC1CCCO1. The zero-order valence-electron chi connectivity index (χ0n) is 11.9. The van der Waals surface area contributed by atoms with E-state index < -0.39 is 24.1 Å². The molecule has 0 aliphatic carbocycles. The van der Waals surface area contributed by atoms with Gasteiger partial charge in [0.15, 0.2) is 0 Å². The van der Waals surface area contributed by atoms with E-state index in [1.54, 1.807) is 6.92 Å². The van der Waals surface area contributed by atoms with Crippen LogP contribution in [0.4, 0.5) is 13.2 Å². The number of hydrogen-bond acceptors (Lipinski definition) is 4. The maximum Gasteiger partial charge on any atom is 0.389 e. The fourth-order valence-corrected chi connectivity index (χ4v) is 2.27. The average molecular weight is 297 g/mol. The van der Waals surface area contributed by atoms with Crippen molar-refractivity contribution in [3.63, 3.8) is 0 Å². The molecule has 2 atom stereocenters. The third kappa shape index (κ3) is 5.66. The standard InChI is InChI=1S/C13H22F3NO3/c1-12(11(18)19-2,6-4-7-13(14,15)16)17-9-10-5-3-8-20-10/h10,17H,3-9H2,1-2H3. The number of methoxy groups -OCH3 is 1. The topological polar surface area (TPSA) is 47.6 Å². The van der Waals surface area contributed by atoms with E-state index in [1.165, 1.54) is 7.11 Å². The van der Waals surface area contributed by atoms with Crippen molar-refractivity contribution in [2.24, 2.45) is 0 Å². The zero-order valence-corrected chi connectivity index (χ0v) is 11.9. The van der Waals surface area contributed by atoms with Gasteiger partial charge in [-0.3, -0.25) is 10.1 Å². The molecular weight excluding hydrogens is 275 g/mol. The summed E-state index contributed by atoms with van der Waals surface area (Å²) in [5, 5.41) is 3.01. The van der Waals surface area contributed by atoms with Crippen molar-refractivity contribution in [1.82, 2.24) is 5.32 Å². The summed E-state index contributed by atoms with van der Waals surface area (Å²) in [6.07, 6.45) is -3.27. The molecular formula is C13H22F3NO3. The summed E-state index contributed by atoms with van der Waals surface area (Å²) in [5.74, 6) is -0.544. The van der Waals surface area contributed by atoms with Gasteiger partial charge in [0.1, 0.15) is 5.54 Å². The number of esters is 1. The third-order valence-electron chi connectivity index (χ3n) is 3.52. The van der Waals surface area contributed by atoms with E-state index in [1.807, 2.05) is 0 Å². The van der Waals surface area contributed by atoms with Crippen LogP contribution in [-0.2, 0) is 14.3 Å². The van der Waals surface area contributed by atoms with E-state index in [9.17, 15) is 18.0 Å². The Balaban J connectivity index is 2.49. The summed E-state index contributed by atoms with van der Waals surface area (Å²) in [5.41, 5.74) is -1.11. The van der Waals surface area contributed by atoms with Gasteiger partial charge in [0.25, 0.3) is 0 Å². The molecule has 1 aliphatic heterocycles. The van der Waals surface area contributed by atoms with E-state index in [0.717, 1.165) is 12.8 Å². The Morgan fingerprint density at radius 2 is 2.10 bits per heavy atom. The van der Waals surface area contributed by atoms with E-state index in [2.05, 4.69) is 10.1 Å². The first-order valence-electron chi connectivity index (χ1n) is 6.78. The van der Waals surface area contributed by atoms with Gasteiger partial charge in [-0.2, -0.15) is 13.2 Å². The first kappa shape index (κ1) is 17.2. The van der Waals surface area contributed by atoms with Crippen molar-refractivity contribution in [2.45, 2.75) is 56.8 Å². The second kappa shape index (κ2) is 7.26. The zero-order chi connectivity index (χ0) is 15.2. The van der Waals surface area contributed by atoms with Gasteiger partial charge in [0.2, 0.25) is 0 Å². The molecule has 1 heterocycles. The van der Waals surface area contributed by atoms with Gasteiger partial charge < -0.3 is 9.47 Å². The Morgan fingerprint density at radius 1 is 1.40 bits per heavy atom. The number of nitrogens with one attached hydrogen (secondary N) is 1. The summed E-state index contributed by atoms with van der Waals surface area (Å²) in [4.78, 5) is 11.8. The first-order valence-corrected chi connectivity index (χ1v) is 6.78. The number of hydrogen-bond donors (Lipinski definition) is 1. The van der Waals surface area contributed by atoms with Crippen molar-refractivity contribution in [3.05, 3.63) is 0 Å².